The van der Waals surface area contributed by atoms with E-state index in [0.29, 0.717) is 5.56 Å². The molecular weight excluding hydrogens is 186 g/mol. The van der Waals surface area contributed by atoms with Gasteiger partial charge in [0.05, 0.1) is 5.56 Å². The quantitative estimate of drug-likeness (QED) is 0.798. The molecule has 0 fully saturated rings. The molecule has 1 aromatic heterocycles. The van der Waals surface area contributed by atoms with Gasteiger partial charge < -0.3 is 5.32 Å². The molecule has 0 amide bonds. The Bertz CT molecular complexity index is 404. The molecule has 2 rings (SSSR count). The van der Waals surface area contributed by atoms with E-state index in [1.807, 2.05) is 13.0 Å². The van der Waals surface area contributed by atoms with Crippen molar-refractivity contribution in [3.05, 3.63) is 22.9 Å². The zero-order chi connectivity index (χ0) is 10.7. The van der Waals surface area contributed by atoms with Crippen molar-refractivity contribution in [2.24, 2.45) is 0 Å². The minimum atomic E-state index is 0.678. The predicted molar refractivity (Wildman–Crippen MR) is 59.8 cm³/mol. The summed E-state index contributed by atoms with van der Waals surface area (Å²) in [5.74, 6) is 0.751. The van der Waals surface area contributed by atoms with Gasteiger partial charge in [0, 0.05) is 12.2 Å². The molecule has 0 aromatic carbocycles. The van der Waals surface area contributed by atoms with Crippen LogP contribution in [0.2, 0.25) is 0 Å². The average molecular weight is 201 g/mol. The Balaban J connectivity index is 2.43. The van der Waals surface area contributed by atoms with Crippen LogP contribution in [0.1, 0.15) is 36.6 Å². The number of aromatic nitrogens is 1. The van der Waals surface area contributed by atoms with E-state index in [1.54, 1.807) is 0 Å². The van der Waals surface area contributed by atoms with E-state index in [1.165, 1.54) is 24.1 Å². The maximum absolute atomic E-state index is 9.02. The lowest BCUT2D eigenvalue weighted by Crippen LogP contribution is -2.10. The van der Waals surface area contributed by atoms with Gasteiger partial charge in [-0.2, -0.15) is 5.26 Å². The van der Waals surface area contributed by atoms with Gasteiger partial charge in [0.1, 0.15) is 11.9 Å². The lowest BCUT2D eigenvalue weighted by molar-refractivity contribution is 0.668. The van der Waals surface area contributed by atoms with E-state index >= 15 is 0 Å². The fourth-order valence-electron chi connectivity index (χ4n) is 2.02. The standard InChI is InChI=1S/C12H15N3/c1-2-14-12-10(8-13)7-9-5-3-4-6-11(9)15-12/h7H,2-6H2,1H3,(H,14,15). The first-order valence-electron chi connectivity index (χ1n) is 5.52. The maximum Gasteiger partial charge on any atom is 0.144 e. The van der Waals surface area contributed by atoms with E-state index in [-0.39, 0.29) is 0 Å². The summed E-state index contributed by atoms with van der Waals surface area (Å²) in [4.78, 5) is 4.54. The van der Waals surface area contributed by atoms with Crippen LogP contribution in [-0.4, -0.2) is 11.5 Å². The van der Waals surface area contributed by atoms with Crippen molar-refractivity contribution in [3.63, 3.8) is 0 Å². The highest BCUT2D eigenvalue weighted by Gasteiger charge is 2.14. The largest absolute Gasteiger partial charge is 0.369 e. The predicted octanol–water partition coefficient (Wildman–Crippen LogP) is 2.26. The van der Waals surface area contributed by atoms with Gasteiger partial charge in [0.15, 0.2) is 0 Å². The molecule has 0 aliphatic heterocycles. The van der Waals surface area contributed by atoms with E-state index in [4.69, 9.17) is 5.26 Å². The molecule has 0 radical (unpaired) electrons. The van der Waals surface area contributed by atoms with Gasteiger partial charge in [0.25, 0.3) is 0 Å². The molecule has 1 N–H and O–H groups in total. The van der Waals surface area contributed by atoms with Crippen LogP contribution in [0, 0.1) is 11.3 Å². The van der Waals surface area contributed by atoms with Gasteiger partial charge in [-0.05, 0) is 44.2 Å². The number of hydrogen-bond acceptors (Lipinski definition) is 3. The lowest BCUT2D eigenvalue weighted by Gasteiger charge is -2.16. The Kier molecular flexibility index (Phi) is 2.86. The van der Waals surface area contributed by atoms with Crippen molar-refractivity contribution in [3.8, 4) is 6.07 Å². The number of nitrogens with one attached hydrogen (secondary N) is 1. The molecule has 3 nitrogen and oxygen atoms in total. The number of fused-ring (bicyclic) bond motifs is 1. The number of nitrogens with zero attached hydrogens (tertiary/aromatic N) is 2. The Morgan fingerprint density at radius 3 is 3.00 bits per heavy atom. The fraction of sp³-hybridized carbons (Fsp3) is 0.500. The topological polar surface area (TPSA) is 48.7 Å². The number of hydrogen-bond donors (Lipinski definition) is 1. The second-order valence-electron chi connectivity index (χ2n) is 3.84. The molecular formula is C12H15N3. The highest BCUT2D eigenvalue weighted by Crippen LogP contribution is 2.24. The lowest BCUT2D eigenvalue weighted by atomic mass is 9.95. The minimum Gasteiger partial charge on any atom is -0.369 e. The molecule has 0 spiro atoms. The van der Waals surface area contributed by atoms with Crippen molar-refractivity contribution in [1.82, 2.24) is 4.98 Å². The van der Waals surface area contributed by atoms with Crippen LogP contribution in [0.3, 0.4) is 0 Å². The van der Waals surface area contributed by atoms with E-state index < -0.39 is 0 Å². The molecule has 1 aliphatic carbocycles. The minimum absolute atomic E-state index is 0.678. The number of pyridine rings is 1. The summed E-state index contributed by atoms with van der Waals surface area (Å²) in [6.07, 6.45) is 4.57. The van der Waals surface area contributed by atoms with Crippen molar-refractivity contribution >= 4 is 5.82 Å². The van der Waals surface area contributed by atoms with Crippen LogP contribution in [-0.2, 0) is 12.8 Å². The molecule has 78 valence electrons. The smallest absolute Gasteiger partial charge is 0.144 e. The third-order valence-corrected chi connectivity index (χ3v) is 2.77. The van der Waals surface area contributed by atoms with Crippen LogP contribution in [0.25, 0.3) is 0 Å². The molecule has 0 saturated heterocycles. The second kappa shape index (κ2) is 4.31. The van der Waals surface area contributed by atoms with Gasteiger partial charge >= 0.3 is 0 Å². The monoisotopic (exact) mass is 201 g/mol. The average Bonchev–Trinajstić information content (AvgIpc) is 2.28. The Hall–Kier alpha value is -1.56. The summed E-state index contributed by atoms with van der Waals surface area (Å²) in [7, 11) is 0. The van der Waals surface area contributed by atoms with E-state index in [2.05, 4.69) is 16.4 Å². The number of rotatable bonds is 2. The van der Waals surface area contributed by atoms with Crippen LogP contribution in [0.15, 0.2) is 6.07 Å². The first kappa shape index (κ1) is 9.97. The molecule has 0 atom stereocenters. The molecule has 3 heteroatoms. The van der Waals surface area contributed by atoms with Crippen LogP contribution < -0.4 is 5.32 Å². The van der Waals surface area contributed by atoms with Crippen LogP contribution >= 0.6 is 0 Å². The van der Waals surface area contributed by atoms with E-state index in [9.17, 15) is 0 Å². The zero-order valence-electron chi connectivity index (χ0n) is 9.01. The van der Waals surface area contributed by atoms with Gasteiger partial charge in [-0.3, -0.25) is 0 Å². The normalized spacial score (nSPS) is 14.1. The Morgan fingerprint density at radius 1 is 1.47 bits per heavy atom. The van der Waals surface area contributed by atoms with Crippen LogP contribution in [0.5, 0.6) is 0 Å². The molecule has 1 aliphatic rings. The van der Waals surface area contributed by atoms with Crippen molar-refractivity contribution in [2.75, 3.05) is 11.9 Å². The highest BCUT2D eigenvalue weighted by molar-refractivity contribution is 5.54. The number of aryl methyl sites for hydroxylation is 2. The number of anilines is 1. The third-order valence-electron chi connectivity index (χ3n) is 2.77. The third kappa shape index (κ3) is 1.94. The zero-order valence-corrected chi connectivity index (χ0v) is 9.01. The van der Waals surface area contributed by atoms with E-state index in [0.717, 1.165) is 25.2 Å². The summed E-state index contributed by atoms with van der Waals surface area (Å²) in [6.45, 7) is 2.82. The Labute approximate surface area is 90.1 Å². The van der Waals surface area contributed by atoms with Crippen LogP contribution in [0.4, 0.5) is 5.82 Å². The molecule has 0 bridgehead atoms. The molecule has 15 heavy (non-hydrogen) atoms. The molecule has 0 saturated carbocycles. The summed E-state index contributed by atoms with van der Waals surface area (Å²) in [6, 6.07) is 4.20. The SMILES string of the molecule is CCNc1nc2c(cc1C#N)CCCC2. The summed E-state index contributed by atoms with van der Waals surface area (Å²) < 4.78 is 0. The molecule has 1 heterocycles. The summed E-state index contributed by atoms with van der Waals surface area (Å²) >= 11 is 0. The van der Waals surface area contributed by atoms with Gasteiger partial charge in [-0.1, -0.05) is 0 Å². The summed E-state index contributed by atoms with van der Waals surface area (Å²) in [5.41, 5.74) is 3.12. The summed E-state index contributed by atoms with van der Waals surface area (Å²) in [5, 5.41) is 12.2. The molecule has 0 unspecified atom stereocenters. The van der Waals surface area contributed by atoms with Crippen molar-refractivity contribution in [2.45, 2.75) is 32.6 Å². The number of nitriles is 1. The Morgan fingerprint density at radius 2 is 2.27 bits per heavy atom. The van der Waals surface area contributed by atoms with Gasteiger partial charge in [0.2, 0.25) is 0 Å². The van der Waals surface area contributed by atoms with Crippen molar-refractivity contribution in [1.29, 1.82) is 5.26 Å². The molecule has 1 aromatic rings. The first-order chi connectivity index (χ1) is 7.35. The first-order valence-corrected chi connectivity index (χ1v) is 5.52. The van der Waals surface area contributed by atoms with Crippen molar-refractivity contribution < 1.29 is 0 Å². The second-order valence-corrected chi connectivity index (χ2v) is 3.84. The fourth-order valence-corrected chi connectivity index (χ4v) is 2.02. The van der Waals surface area contributed by atoms with Gasteiger partial charge in [-0.15, -0.1) is 0 Å². The maximum atomic E-state index is 9.02. The highest BCUT2D eigenvalue weighted by atomic mass is 15.0. The van der Waals surface area contributed by atoms with Gasteiger partial charge in [-0.25, -0.2) is 4.98 Å².